The van der Waals surface area contributed by atoms with Gasteiger partial charge in [0.25, 0.3) is 5.91 Å². The number of anilines is 1. The third kappa shape index (κ3) is 4.58. The highest BCUT2D eigenvalue weighted by Crippen LogP contribution is 2.54. The number of benzene rings is 2. The number of likely N-dealkylation sites (N-methyl/N-ethyl adjacent to an activating group) is 1. The van der Waals surface area contributed by atoms with Crippen LogP contribution < -0.4 is 11.1 Å². The third-order valence-electron chi connectivity index (χ3n) is 8.33. The molecule has 3 aliphatic carbocycles. The molecule has 2 aromatic carbocycles. The quantitative estimate of drug-likeness (QED) is 0.140. The van der Waals surface area contributed by atoms with E-state index in [0.29, 0.717) is 11.1 Å². The fourth-order valence-corrected chi connectivity index (χ4v) is 7.05. The Balaban J connectivity index is 1.59. The summed E-state index contributed by atoms with van der Waals surface area (Å²) in [4.78, 5) is 52.8. The molecule has 226 valence electrons. The summed E-state index contributed by atoms with van der Waals surface area (Å²) in [6.45, 7) is 0. The molecule has 5 atom stereocenters. The summed E-state index contributed by atoms with van der Waals surface area (Å²) in [5.74, 6) is -8.48. The molecule has 1 fully saturated rings. The van der Waals surface area contributed by atoms with Gasteiger partial charge in [-0.2, -0.15) is 0 Å². The van der Waals surface area contributed by atoms with Gasteiger partial charge in [-0.25, -0.2) is 0 Å². The lowest BCUT2D eigenvalue weighted by Crippen LogP contribution is -2.65. The Labute approximate surface area is 258 Å². The van der Waals surface area contributed by atoms with Crippen molar-refractivity contribution in [3.05, 3.63) is 69.0 Å². The number of phenols is 2. The molecule has 12 nitrogen and oxygen atoms in total. The molecule has 43 heavy (non-hydrogen) atoms. The molecule has 5 rings (SSSR count). The standard InChI is InChI=1S/C29H27BrClN3O9/c1-34(2)21-14-8-11-7-12-9-15(31)20(33-28(42)19(30)10-3-5-13(35)6-4-10)23(37)16(12)22(36)17(11)25(39)29(14,43)26(40)18(24(21)38)27(32)41/h3-6,9,11,14,19,21,35-37,40,43H,7-8H2,1-2H3,(H2,32,41)(H,33,42)/t11?,14?,19?,21-,29-/m0/s1. The van der Waals surface area contributed by atoms with Gasteiger partial charge in [0.1, 0.15) is 33.4 Å². The molecule has 0 saturated heterocycles. The molecule has 1 saturated carbocycles. The molecule has 3 unspecified atom stereocenters. The van der Waals surface area contributed by atoms with Crippen LogP contribution in [0.3, 0.4) is 0 Å². The van der Waals surface area contributed by atoms with Crippen molar-refractivity contribution >= 4 is 62.4 Å². The molecule has 3 aliphatic rings. The van der Waals surface area contributed by atoms with E-state index in [4.69, 9.17) is 17.3 Å². The van der Waals surface area contributed by atoms with E-state index < -0.39 is 74.5 Å². The highest BCUT2D eigenvalue weighted by atomic mass is 79.9. The lowest BCUT2D eigenvalue weighted by atomic mass is 9.57. The predicted octanol–water partition coefficient (Wildman–Crippen LogP) is 2.40. The second-order valence-corrected chi connectivity index (χ2v) is 12.3. The van der Waals surface area contributed by atoms with Crippen LogP contribution in [0.1, 0.15) is 27.9 Å². The number of nitrogens with zero attached hydrogens (tertiary/aromatic N) is 1. The number of nitrogens with one attached hydrogen (secondary N) is 1. The first kappa shape index (κ1) is 30.5. The molecule has 0 spiro atoms. The predicted molar refractivity (Wildman–Crippen MR) is 158 cm³/mol. The van der Waals surface area contributed by atoms with Crippen LogP contribution >= 0.6 is 27.5 Å². The largest absolute Gasteiger partial charge is 0.508 e. The lowest BCUT2D eigenvalue weighted by molar-refractivity contribution is -0.153. The van der Waals surface area contributed by atoms with Crippen LogP contribution in [-0.2, 0) is 25.6 Å². The van der Waals surface area contributed by atoms with Crippen LogP contribution in [0.15, 0.2) is 47.2 Å². The van der Waals surface area contributed by atoms with Crippen LogP contribution in [-0.4, -0.2) is 79.6 Å². The number of primary amides is 1. The second-order valence-electron chi connectivity index (χ2n) is 11.0. The minimum Gasteiger partial charge on any atom is -0.508 e. The molecule has 0 aliphatic heterocycles. The molecule has 0 aromatic heterocycles. The van der Waals surface area contributed by atoms with E-state index >= 15 is 0 Å². The summed E-state index contributed by atoms with van der Waals surface area (Å²) in [5, 5.41) is 57.2. The van der Waals surface area contributed by atoms with Gasteiger partial charge < -0.3 is 36.6 Å². The number of carbonyl (C=O) groups excluding carboxylic acids is 4. The summed E-state index contributed by atoms with van der Waals surface area (Å²) in [5.41, 5.74) is 1.69. The van der Waals surface area contributed by atoms with Crippen molar-refractivity contribution in [3.63, 3.8) is 0 Å². The van der Waals surface area contributed by atoms with E-state index in [9.17, 15) is 44.7 Å². The number of halogens is 2. The number of Topliss-reactive ketones (excluding diaryl/α,β-unsaturated/α-hetero) is 2. The minimum atomic E-state index is -2.77. The Hall–Kier alpha value is -3.91. The molecule has 2 amide bonds. The Morgan fingerprint density at radius 2 is 1.77 bits per heavy atom. The first-order valence-electron chi connectivity index (χ1n) is 13.0. The molecule has 0 heterocycles. The number of amides is 2. The maximum atomic E-state index is 14.0. The van der Waals surface area contributed by atoms with Crippen LogP contribution in [0.25, 0.3) is 5.76 Å². The maximum Gasteiger partial charge on any atom is 0.255 e. The zero-order valence-electron chi connectivity index (χ0n) is 22.8. The van der Waals surface area contributed by atoms with Gasteiger partial charge in [0, 0.05) is 11.5 Å². The number of rotatable bonds is 5. The van der Waals surface area contributed by atoms with Gasteiger partial charge in [-0.05, 0) is 62.2 Å². The van der Waals surface area contributed by atoms with Crippen molar-refractivity contribution < 1.29 is 44.7 Å². The van der Waals surface area contributed by atoms with Crippen LogP contribution in [0.5, 0.6) is 11.5 Å². The van der Waals surface area contributed by atoms with Gasteiger partial charge in [-0.1, -0.05) is 39.7 Å². The normalized spacial score (nSPS) is 25.7. The summed E-state index contributed by atoms with van der Waals surface area (Å²) < 4.78 is 0. The number of alkyl halides is 1. The van der Waals surface area contributed by atoms with Gasteiger partial charge >= 0.3 is 0 Å². The SMILES string of the molecule is CN(C)[C@@H]1C(=O)C(C(N)=O)=C(O)[C@@]2(O)C(=O)C3=C(O)c4c(cc(Cl)c(NC(=O)C(Br)c5ccc(O)cc5)c4O)CC3CC12. The second kappa shape index (κ2) is 10.7. The molecule has 8 N–H and O–H groups in total. The highest BCUT2D eigenvalue weighted by molar-refractivity contribution is 9.09. The van der Waals surface area contributed by atoms with Crippen LogP contribution in [0.4, 0.5) is 5.69 Å². The fourth-order valence-electron chi connectivity index (χ4n) is 6.36. The summed E-state index contributed by atoms with van der Waals surface area (Å²) in [7, 11) is 3.03. The number of hydrogen-bond donors (Lipinski definition) is 7. The lowest BCUT2D eigenvalue weighted by Gasteiger charge is -2.50. The fraction of sp³-hybridized carbons (Fsp3) is 0.310. The minimum absolute atomic E-state index is 0.000937. The van der Waals surface area contributed by atoms with E-state index in [0.717, 1.165) is 0 Å². The first-order valence-corrected chi connectivity index (χ1v) is 14.3. The van der Waals surface area contributed by atoms with Gasteiger partial charge in [0.15, 0.2) is 17.1 Å². The van der Waals surface area contributed by atoms with Crippen molar-refractivity contribution in [2.24, 2.45) is 17.6 Å². The number of phenolic OH excluding ortho intramolecular Hbond substituents is 2. The van der Waals surface area contributed by atoms with Gasteiger partial charge in [-0.15, -0.1) is 0 Å². The maximum absolute atomic E-state index is 14.0. The van der Waals surface area contributed by atoms with Crippen molar-refractivity contribution in [2.45, 2.75) is 29.3 Å². The number of fused-ring (bicyclic) bond motifs is 3. The number of aliphatic hydroxyl groups is 3. The van der Waals surface area contributed by atoms with E-state index in [1.54, 1.807) is 0 Å². The van der Waals surface area contributed by atoms with Gasteiger partial charge in [-0.3, -0.25) is 24.1 Å². The summed E-state index contributed by atoms with van der Waals surface area (Å²) >= 11 is 9.72. The highest BCUT2D eigenvalue weighted by Gasteiger charge is 2.64. The van der Waals surface area contributed by atoms with Crippen molar-refractivity contribution in [1.82, 2.24) is 4.90 Å². The number of nitrogens with two attached hydrogens (primary N) is 1. The number of ketones is 2. The van der Waals surface area contributed by atoms with Crippen LogP contribution in [0.2, 0.25) is 5.02 Å². The Bertz CT molecular complexity index is 1670. The van der Waals surface area contributed by atoms with Crippen LogP contribution in [0, 0.1) is 11.8 Å². The number of carbonyl (C=O) groups is 4. The summed E-state index contributed by atoms with van der Waals surface area (Å²) in [6, 6.07) is 6.04. The first-order chi connectivity index (χ1) is 20.1. The Morgan fingerprint density at radius 3 is 2.35 bits per heavy atom. The average molecular weight is 677 g/mol. The topological polar surface area (TPSA) is 211 Å². The third-order valence-corrected chi connectivity index (χ3v) is 9.57. The van der Waals surface area contributed by atoms with E-state index in [-0.39, 0.29) is 40.4 Å². The van der Waals surface area contributed by atoms with E-state index in [2.05, 4.69) is 21.2 Å². The Kier molecular flexibility index (Phi) is 7.58. The van der Waals surface area contributed by atoms with Crippen molar-refractivity contribution in [2.75, 3.05) is 19.4 Å². The zero-order valence-corrected chi connectivity index (χ0v) is 25.1. The van der Waals surface area contributed by atoms with Crippen molar-refractivity contribution in [3.8, 4) is 11.5 Å². The number of aliphatic hydroxyl groups excluding tert-OH is 2. The van der Waals surface area contributed by atoms with E-state index in [1.807, 2.05) is 0 Å². The molecule has 14 heteroatoms. The van der Waals surface area contributed by atoms with Gasteiger partial charge in [0.05, 0.1) is 16.6 Å². The smallest absolute Gasteiger partial charge is 0.255 e. The molecular formula is C29H27BrClN3O9. The van der Waals surface area contributed by atoms with Gasteiger partial charge in [0.2, 0.25) is 11.7 Å². The molecule has 2 aromatic rings. The van der Waals surface area contributed by atoms with Crippen molar-refractivity contribution in [1.29, 1.82) is 0 Å². The molecule has 0 bridgehead atoms. The molecule has 0 radical (unpaired) electrons. The average Bonchev–Trinajstić information content (AvgIpc) is 2.92. The monoisotopic (exact) mass is 675 g/mol. The zero-order chi connectivity index (χ0) is 31.7. The number of hydrogen-bond acceptors (Lipinski definition) is 10. The summed E-state index contributed by atoms with van der Waals surface area (Å²) in [6.07, 6.45) is -0.0227. The number of aromatic hydroxyl groups is 2. The Morgan fingerprint density at radius 1 is 1.14 bits per heavy atom. The molecular weight excluding hydrogens is 650 g/mol. The van der Waals surface area contributed by atoms with E-state index in [1.165, 1.54) is 49.3 Å².